The second-order valence-corrected chi connectivity index (χ2v) is 5.21. The molecular formula is C12H24N2O. The molecule has 1 atom stereocenters. The van der Waals surface area contributed by atoms with Crippen molar-refractivity contribution in [1.82, 2.24) is 5.32 Å². The average Bonchev–Trinajstić information content (AvgIpc) is 2.95. The van der Waals surface area contributed by atoms with Crippen molar-refractivity contribution in [2.75, 3.05) is 6.54 Å². The van der Waals surface area contributed by atoms with E-state index in [-0.39, 0.29) is 17.4 Å². The fraction of sp³-hybridized carbons (Fsp3) is 0.917. The number of nitrogens with one attached hydrogen (secondary N) is 1. The van der Waals surface area contributed by atoms with Crippen molar-refractivity contribution in [2.24, 2.45) is 17.6 Å². The molecule has 1 aliphatic carbocycles. The van der Waals surface area contributed by atoms with Crippen molar-refractivity contribution in [2.45, 2.75) is 52.0 Å². The van der Waals surface area contributed by atoms with E-state index in [2.05, 4.69) is 26.1 Å². The van der Waals surface area contributed by atoms with E-state index in [0.717, 1.165) is 12.8 Å². The first-order valence-corrected chi connectivity index (χ1v) is 6.03. The minimum absolute atomic E-state index is 0.00646. The van der Waals surface area contributed by atoms with Gasteiger partial charge in [0.2, 0.25) is 5.91 Å². The monoisotopic (exact) mass is 212 g/mol. The van der Waals surface area contributed by atoms with Crippen LogP contribution in [0.15, 0.2) is 0 Å². The molecule has 0 bridgehead atoms. The summed E-state index contributed by atoms with van der Waals surface area (Å²) in [5.41, 5.74) is 5.57. The maximum atomic E-state index is 11.9. The molecule has 1 aliphatic rings. The van der Waals surface area contributed by atoms with Gasteiger partial charge in [0.05, 0.1) is 5.92 Å². The minimum atomic E-state index is -0.0434. The van der Waals surface area contributed by atoms with Crippen LogP contribution in [0.1, 0.15) is 46.5 Å². The van der Waals surface area contributed by atoms with Gasteiger partial charge in [-0.05, 0) is 39.0 Å². The quantitative estimate of drug-likeness (QED) is 0.703. The SMILES string of the molecule is CCCC(CN)C(=O)NC(C)(C)C1CC1. The Morgan fingerprint density at radius 1 is 1.53 bits per heavy atom. The smallest absolute Gasteiger partial charge is 0.224 e. The zero-order valence-electron chi connectivity index (χ0n) is 10.2. The van der Waals surface area contributed by atoms with Gasteiger partial charge >= 0.3 is 0 Å². The predicted molar refractivity (Wildman–Crippen MR) is 62.4 cm³/mol. The highest BCUT2D eigenvalue weighted by Crippen LogP contribution is 2.39. The van der Waals surface area contributed by atoms with Crippen molar-refractivity contribution >= 4 is 5.91 Å². The third-order valence-corrected chi connectivity index (χ3v) is 3.34. The molecule has 0 saturated heterocycles. The van der Waals surface area contributed by atoms with Gasteiger partial charge in [-0.1, -0.05) is 13.3 Å². The number of amides is 1. The highest BCUT2D eigenvalue weighted by Gasteiger charge is 2.39. The molecule has 0 radical (unpaired) electrons. The fourth-order valence-corrected chi connectivity index (χ4v) is 2.03. The van der Waals surface area contributed by atoms with Crippen LogP contribution in [0.4, 0.5) is 0 Å². The van der Waals surface area contributed by atoms with E-state index in [1.165, 1.54) is 12.8 Å². The Kier molecular flexibility index (Phi) is 4.14. The summed E-state index contributed by atoms with van der Waals surface area (Å²) in [5, 5.41) is 3.14. The highest BCUT2D eigenvalue weighted by molar-refractivity contribution is 5.79. The standard InChI is InChI=1S/C12H24N2O/c1-4-5-9(8-13)11(15)14-12(2,3)10-6-7-10/h9-10H,4-8,13H2,1-3H3,(H,14,15). The molecule has 0 heterocycles. The molecule has 3 heteroatoms. The Bertz CT molecular complexity index is 222. The van der Waals surface area contributed by atoms with E-state index in [1.54, 1.807) is 0 Å². The van der Waals surface area contributed by atoms with Gasteiger partial charge in [-0.3, -0.25) is 4.79 Å². The number of hydrogen-bond acceptors (Lipinski definition) is 2. The number of carbonyl (C=O) groups is 1. The fourth-order valence-electron chi connectivity index (χ4n) is 2.03. The van der Waals surface area contributed by atoms with Crippen LogP contribution in [-0.4, -0.2) is 18.0 Å². The largest absolute Gasteiger partial charge is 0.351 e. The molecular weight excluding hydrogens is 188 g/mol. The van der Waals surface area contributed by atoms with Gasteiger partial charge in [-0.25, -0.2) is 0 Å². The van der Waals surface area contributed by atoms with Crippen molar-refractivity contribution < 1.29 is 4.79 Å². The van der Waals surface area contributed by atoms with Gasteiger partial charge in [-0.2, -0.15) is 0 Å². The predicted octanol–water partition coefficient (Wildman–Crippen LogP) is 1.67. The van der Waals surface area contributed by atoms with Crippen molar-refractivity contribution in [3.8, 4) is 0 Å². The summed E-state index contributed by atoms with van der Waals surface area (Å²) >= 11 is 0. The second kappa shape index (κ2) is 4.97. The lowest BCUT2D eigenvalue weighted by Gasteiger charge is -2.28. The Morgan fingerprint density at radius 3 is 2.53 bits per heavy atom. The first-order valence-electron chi connectivity index (χ1n) is 6.03. The van der Waals surface area contributed by atoms with Crippen molar-refractivity contribution in [3.63, 3.8) is 0 Å². The van der Waals surface area contributed by atoms with Gasteiger partial charge in [0, 0.05) is 12.1 Å². The van der Waals surface area contributed by atoms with Crippen LogP contribution in [0.3, 0.4) is 0 Å². The summed E-state index contributed by atoms with van der Waals surface area (Å²) in [5.74, 6) is 0.797. The Balaban J connectivity index is 2.44. The molecule has 0 aromatic rings. The second-order valence-electron chi connectivity index (χ2n) is 5.21. The Hall–Kier alpha value is -0.570. The lowest BCUT2D eigenvalue weighted by molar-refractivity contribution is -0.126. The summed E-state index contributed by atoms with van der Waals surface area (Å²) in [7, 11) is 0. The van der Waals surface area contributed by atoms with Crippen LogP contribution in [0, 0.1) is 11.8 Å². The van der Waals surface area contributed by atoms with Gasteiger partial charge in [0.1, 0.15) is 0 Å². The molecule has 0 aromatic carbocycles. The first kappa shape index (κ1) is 12.5. The van der Waals surface area contributed by atoms with Crippen LogP contribution in [0.25, 0.3) is 0 Å². The molecule has 0 aromatic heterocycles. The lowest BCUT2D eigenvalue weighted by Crippen LogP contribution is -2.48. The molecule has 88 valence electrons. The van der Waals surface area contributed by atoms with Crippen LogP contribution < -0.4 is 11.1 Å². The van der Waals surface area contributed by atoms with Crippen LogP contribution in [0.5, 0.6) is 0 Å². The minimum Gasteiger partial charge on any atom is -0.351 e. The summed E-state index contributed by atoms with van der Waals surface area (Å²) in [6.45, 7) is 6.77. The number of nitrogens with two attached hydrogens (primary N) is 1. The zero-order valence-corrected chi connectivity index (χ0v) is 10.2. The number of carbonyl (C=O) groups excluding carboxylic acids is 1. The van der Waals surface area contributed by atoms with E-state index < -0.39 is 0 Å². The summed E-state index contributed by atoms with van der Waals surface area (Å²) in [4.78, 5) is 11.9. The number of hydrogen-bond donors (Lipinski definition) is 2. The third-order valence-electron chi connectivity index (χ3n) is 3.34. The molecule has 3 nitrogen and oxygen atoms in total. The molecule has 3 N–H and O–H groups in total. The zero-order chi connectivity index (χ0) is 11.5. The molecule has 1 unspecified atom stereocenters. The van der Waals surface area contributed by atoms with Crippen molar-refractivity contribution in [1.29, 1.82) is 0 Å². The number of rotatable bonds is 6. The average molecular weight is 212 g/mol. The normalized spacial score (nSPS) is 18.7. The molecule has 0 spiro atoms. The van der Waals surface area contributed by atoms with E-state index in [0.29, 0.717) is 12.5 Å². The lowest BCUT2D eigenvalue weighted by atomic mass is 9.95. The molecule has 1 amide bonds. The summed E-state index contributed by atoms with van der Waals surface area (Å²) < 4.78 is 0. The van der Waals surface area contributed by atoms with Gasteiger partial charge < -0.3 is 11.1 Å². The Morgan fingerprint density at radius 2 is 2.13 bits per heavy atom. The van der Waals surface area contributed by atoms with Gasteiger partial charge in [0.15, 0.2) is 0 Å². The van der Waals surface area contributed by atoms with Crippen LogP contribution in [0.2, 0.25) is 0 Å². The maximum Gasteiger partial charge on any atom is 0.224 e. The molecule has 1 saturated carbocycles. The third kappa shape index (κ3) is 3.49. The van der Waals surface area contributed by atoms with Crippen molar-refractivity contribution in [3.05, 3.63) is 0 Å². The van der Waals surface area contributed by atoms with E-state index in [1.807, 2.05) is 0 Å². The molecule has 1 fully saturated rings. The Labute approximate surface area is 92.8 Å². The highest BCUT2D eigenvalue weighted by atomic mass is 16.2. The topological polar surface area (TPSA) is 55.1 Å². The molecule has 0 aliphatic heterocycles. The van der Waals surface area contributed by atoms with E-state index in [9.17, 15) is 4.79 Å². The summed E-state index contributed by atoms with van der Waals surface area (Å²) in [6.07, 6.45) is 4.39. The van der Waals surface area contributed by atoms with Crippen LogP contribution in [-0.2, 0) is 4.79 Å². The molecule has 1 rings (SSSR count). The van der Waals surface area contributed by atoms with Gasteiger partial charge in [-0.15, -0.1) is 0 Å². The maximum absolute atomic E-state index is 11.9. The van der Waals surface area contributed by atoms with E-state index in [4.69, 9.17) is 5.73 Å². The summed E-state index contributed by atoms with van der Waals surface area (Å²) in [6, 6.07) is 0. The molecule has 15 heavy (non-hydrogen) atoms. The van der Waals surface area contributed by atoms with E-state index >= 15 is 0 Å². The van der Waals surface area contributed by atoms with Crippen LogP contribution >= 0.6 is 0 Å². The van der Waals surface area contributed by atoms with Gasteiger partial charge in [0.25, 0.3) is 0 Å². The first-order chi connectivity index (χ1) is 7.01.